The maximum atomic E-state index is 12.3. The van der Waals surface area contributed by atoms with Crippen molar-refractivity contribution in [2.24, 2.45) is 11.8 Å². The highest BCUT2D eigenvalue weighted by Gasteiger charge is 2.24. The number of ether oxygens (including phenoxy) is 2. The highest BCUT2D eigenvalue weighted by Crippen LogP contribution is 2.19. The van der Waals surface area contributed by atoms with Crippen LogP contribution in [0.25, 0.3) is 0 Å². The molecule has 0 aromatic carbocycles. The van der Waals surface area contributed by atoms with Crippen LogP contribution < -0.4 is 0 Å². The van der Waals surface area contributed by atoms with Crippen molar-refractivity contribution in [3.8, 4) is 0 Å². The summed E-state index contributed by atoms with van der Waals surface area (Å²) in [4.78, 5) is 34.2. The maximum absolute atomic E-state index is 12.3. The van der Waals surface area contributed by atoms with E-state index in [0.717, 1.165) is 77.0 Å². The summed E-state index contributed by atoms with van der Waals surface area (Å²) in [7, 11) is 0. The van der Waals surface area contributed by atoms with Gasteiger partial charge in [0.25, 0.3) is 0 Å². The maximum Gasteiger partial charge on any atom is 0.508 e. The van der Waals surface area contributed by atoms with Gasteiger partial charge in [-0.2, -0.15) is 0 Å². The van der Waals surface area contributed by atoms with Crippen molar-refractivity contribution in [1.29, 1.82) is 0 Å². The Morgan fingerprint density at radius 3 is 1.32 bits per heavy atom. The van der Waals surface area contributed by atoms with Crippen LogP contribution in [0, 0.1) is 11.8 Å². The smallest absolute Gasteiger partial charge is 0.434 e. The van der Waals surface area contributed by atoms with Crippen LogP contribution in [0.15, 0.2) is 0 Å². The second kappa shape index (κ2) is 23.8. The van der Waals surface area contributed by atoms with E-state index in [-0.39, 0.29) is 37.3 Å². The van der Waals surface area contributed by atoms with Gasteiger partial charge in [0.2, 0.25) is 0 Å². The molecule has 0 aliphatic heterocycles. The van der Waals surface area contributed by atoms with Gasteiger partial charge in [0.1, 0.15) is 13.2 Å². The fraction of sp³-hybridized carbons (Fsp3) is 0.963. The molecule has 0 saturated heterocycles. The lowest BCUT2D eigenvalue weighted by atomic mass is 9.98. The molecule has 0 aliphatic carbocycles. The van der Waals surface area contributed by atoms with Crippen LogP contribution in [0.4, 0.5) is 4.79 Å². The number of hydrogen-bond acceptors (Lipinski definition) is 7. The molecule has 0 aliphatic rings. The largest absolute Gasteiger partial charge is 0.508 e. The Labute approximate surface area is 209 Å². The lowest BCUT2D eigenvalue weighted by Gasteiger charge is -2.24. The van der Waals surface area contributed by atoms with E-state index in [4.69, 9.17) is 29.0 Å². The van der Waals surface area contributed by atoms with Gasteiger partial charge >= 0.3 is 6.16 Å². The summed E-state index contributed by atoms with van der Waals surface area (Å²) >= 11 is 0. The van der Waals surface area contributed by atoms with Crippen molar-refractivity contribution in [2.75, 3.05) is 26.4 Å². The Kier molecular flexibility index (Phi) is 23.2. The van der Waals surface area contributed by atoms with Crippen LogP contribution in [-0.4, -0.2) is 44.8 Å². The first-order valence-corrected chi connectivity index (χ1v) is 13.9. The number of unbranched alkanes of at least 4 members (excludes halogenated alkanes) is 6. The van der Waals surface area contributed by atoms with Crippen molar-refractivity contribution in [3.63, 3.8) is 0 Å². The average Bonchev–Trinajstić information content (AvgIpc) is 2.83. The molecule has 0 rings (SSSR count). The third-order valence-corrected chi connectivity index (χ3v) is 6.12. The van der Waals surface area contributed by atoms with E-state index >= 15 is 0 Å². The van der Waals surface area contributed by atoms with Gasteiger partial charge in [0, 0.05) is 11.8 Å². The van der Waals surface area contributed by atoms with Crippen LogP contribution in [-0.2, 0) is 29.0 Å². The van der Waals surface area contributed by atoms with Crippen LogP contribution in [0.1, 0.15) is 119 Å². The number of carbonyl (C=O) groups excluding carboxylic acids is 1. The van der Waals surface area contributed by atoms with E-state index in [9.17, 15) is 4.79 Å². The Balaban J connectivity index is 4.47. The first-order chi connectivity index (χ1) is 16.5. The Bertz CT molecular complexity index is 409. The molecule has 0 amide bonds. The Morgan fingerprint density at radius 1 is 0.588 bits per heavy atom. The Morgan fingerprint density at radius 2 is 0.971 bits per heavy atom. The number of carbonyl (C=O) groups is 1. The normalized spacial score (nSPS) is 15.0. The molecule has 0 fully saturated rings. The first kappa shape index (κ1) is 33.1. The minimum absolute atomic E-state index is 0.0633. The fourth-order valence-electron chi connectivity index (χ4n) is 3.52. The summed E-state index contributed by atoms with van der Waals surface area (Å²) in [5.74, 6) is 0.127. The summed E-state index contributed by atoms with van der Waals surface area (Å²) in [6.45, 7) is 14.2. The van der Waals surface area contributed by atoms with Gasteiger partial charge in [0.05, 0.1) is 25.4 Å². The highest BCUT2D eigenvalue weighted by atomic mass is 17.2. The second-order valence-corrected chi connectivity index (χ2v) is 9.34. The molecule has 0 spiro atoms. The van der Waals surface area contributed by atoms with E-state index in [2.05, 4.69) is 27.7 Å². The topological polar surface area (TPSA) is 72.5 Å². The van der Waals surface area contributed by atoms with Crippen molar-refractivity contribution in [3.05, 3.63) is 0 Å². The summed E-state index contributed by atoms with van der Waals surface area (Å²) in [5, 5.41) is 0. The summed E-state index contributed by atoms with van der Waals surface area (Å²) in [6.07, 6.45) is 11.6. The molecule has 4 unspecified atom stereocenters. The third kappa shape index (κ3) is 18.4. The molecule has 4 atom stereocenters. The molecular weight excluding hydrogens is 436 g/mol. The Hall–Kier alpha value is -0.890. The van der Waals surface area contributed by atoms with E-state index in [0.29, 0.717) is 13.2 Å². The van der Waals surface area contributed by atoms with Crippen molar-refractivity contribution < 1.29 is 33.8 Å². The van der Waals surface area contributed by atoms with Crippen LogP contribution in [0.2, 0.25) is 0 Å². The first-order valence-electron chi connectivity index (χ1n) is 13.9. The van der Waals surface area contributed by atoms with Crippen molar-refractivity contribution in [2.45, 2.75) is 131 Å². The van der Waals surface area contributed by atoms with Crippen LogP contribution >= 0.6 is 0 Å². The van der Waals surface area contributed by atoms with Crippen LogP contribution in [0.3, 0.4) is 0 Å². The SMILES string of the molecule is CCCCCOOC(C)C(CCCC)COC(=O)OCC(CCCC)C(C)OOCCCCC. The highest BCUT2D eigenvalue weighted by molar-refractivity contribution is 5.59. The van der Waals surface area contributed by atoms with Gasteiger partial charge in [-0.15, -0.1) is 0 Å². The van der Waals surface area contributed by atoms with E-state index in [1.165, 1.54) is 0 Å². The molecule has 0 N–H and O–H groups in total. The standard InChI is InChI=1S/C27H54O7/c1-7-11-15-19-31-33-23(5)25(17-13-9-3)21-29-27(28)30-22-26(18-14-10-4)24(6)34-32-20-16-12-8-2/h23-26H,7-22H2,1-6H3. The molecule has 0 aromatic heterocycles. The van der Waals surface area contributed by atoms with Crippen molar-refractivity contribution in [1.82, 2.24) is 0 Å². The molecule has 7 nitrogen and oxygen atoms in total. The average molecular weight is 491 g/mol. The fourth-order valence-corrected chi connectivity index (χ4v) is 3.52. The predicted octanol–water partition coefficient (Wildman–Crippen LogP) is 7.81. The molecule has 0 radical (unpaired) electrons. The summed E-state index contributed by atoms with van der Waals surface area (Å²) in [5.41, 5.74) is 0. The minimum Gasteiger partial charge on any atom is -0.434 e. The molecule has 7 heteroatoms. The van der Waals surface area contributed by atoms with E-state index < -0.39 is 6.16 Å². The zero-order valence-electron chi connectivity index (χ0n) is 23.0. The molecule has 0 heterocycles. The molecule has 0 bridgehead atoms. The predicted molar refractivity (Wildman–Crippen MR) is 135 cm³/mol. The number of rotatable bonds is 24. The molecule has 204 valence electrons. The van der Waals surface area contributed by atoms with Gasteiger partial charge in [-0.1, -0.05) is 79.1 Å². The zero-order valence-corrected chi connectivity index (χ0v) is 23.0. The lowest BCUT2D eigenvalue weighted by Crippen LogP contribution is -2.29. The summed E-state index contributed by atoms with van der Waals surface area (Å²) < 4.78 is 10.9. The molecule has 34 heavy (non-hydrogen) atoms. The minimum atomic E-state index is -0.643. The zero-order chi connectivity index (χ0) is 25.4. The second-order valence-electron chi connectivity index (χ2n) is 9.34. The molecule has 0 aromatic rings. The summed E-state index contributed by atoms with van der Waals surface area (Å²) in [6, 6.07) is 0. The number of hydrogen-bond donors (Lipinski definition) is 0. The van der Waals surface area contributed by atoms with Gasteiger partial charge in [-0.05, 0) is 39.5 Å². The quantitative estimate of drug-likeness (QED) is 0.0591. The molecule has 0 saturated carbocycles. The van der Waals surface area contributed by atoms with Crippen LogP contribution in [0.5, 0.6) is 0 Å². The van der Waals surface area contributed by atoms with Gasteiger partial charge in [-0.3, -0.25) is 0 Å². The molecular formula is C27H54O7. The van der Waals surface area contributed by atoms with Gasteiger partial charge in [-0.25, -0.2) is 24.3 Å². The third-order valence-electron chi connectivity index (χ3n) is 6.12. The monoisotopic (exact) mass is 490 g/mol. The van der Waals surface area contributed by atoms with E-state index in [1.807, 2.05) is 13.8 Å². The van der Waals surface area contributed by atoms with Gasteiger partial charge < -0.3 is 9.47 Å². The lowest BCUT2D eigenvalue weighted by molar-refractivity contribution is -0.332. The van der Waals surface area contributed by atoms with E-state index in [1.54, 1.807) is 0 Å². The van der Waals surface area contributed by atoms with Gasteiger partial charge in [0.15, 0.2) is 0 Å². The van der Waals surface area contributed by atoms with Crippen molar-refractivity contribution >= 4 is 6.16 Å².